The fourth-order valence-electron chi connectivity index (χ4n) is 4.89. The van der Waals surface area contributed by atoms with Crippen LogP contribution in [0.4, 0.5) is 8.78 Å². The summed E-state index contributed by atoms with van der Waals surface area (Å²) in [4.78, 5) is 15.8. The van der Waals surface area contributed by atoms with Crippen LogP contribution in [-0.4, -0.2) is 54.2 Å². The summed E-state index contributed by atoms with van der Waals surface area (Å²) in [5.74, 6) is -6.22. The Balaban J connectivity index is 1.52. The Labute approximate surface area is 259 Å². The van der Waals surface area contributed by atoms with Crippen LogP contribution in [0.15, 0.2) is 66.7 Å². The van der Waals surface area contributed by atoms with Crippen molar-refractivity contribution in [3.05, 3.63) is 95.1 Å². The fourth-order valence-corrected chi connectivity index (χ4v) is 5.77. The molecule has 1 fully saturated rings. The number of sulfonamides is 1. The van der Waals surface area contributed by atoms with Gasteiger partial charge in [0, 0.05) is 19.6 Å². The number of aromatic carboxylic acids is 1. The van der Waals surface area contributed by atoms with Gasteiger partial charge in [-0.25, -0.2) is 17.5 Å². The van der Waals surface area contributed by atoms with E-state index in [-0.39, 0.29) is 43.0 Å². The highest BCUT2D eigenvalue weighted by Crippen LogP contribution is 2.40. The largest absolute Gasteiger partial charge is 0.484 e. The Bertz CT molecular complexity index is 1840. The molecule has 0 amide bonds. The number of nitrogens with two attached hydrogens (primary N) is 1. The van der Waals surface area contributed by atoms with E-state index < -0.39 is 51.2 Å². The van der Waals surface area contributed by atoms with Gasteiger partial charge in [0.1, 0.15) is 23.2 Å². The topological polar surface area (TPSA) is 141 Å². The first kappa shape index (κ1) is 31.8. The smallest absolute Gasteiger partial charge is 0.339 e. The molecule has 0 radical (unpaired) electrons. The van der Waals surface area contributed by atoms with Gasteiger partial charge in [0.05, 0.1) is 6.26 Å². The first-order valence-corrected chi connectivity index (χ1v) is 15.9. The Kier molecular flexibility index (Phi) is 9.32. The summed E-state index contributed by atoms with van der Waals surface area (Å²) in [5.41, 5.74) is 8.62. The van der Waals surface area contributed by atoms with Gasteiger partial charge in [-0.05, 0) is 72.4 Å². The molecular formula is C32H31F2N3O7S. The van der Waals surface area contributed by atoms with Crippen LogP contribution in [0, 0.1) is 18.6 Å². The van der Waals surface area contributed by atoms with Crippen LogP contribution in [0.25, 0.3) is 11.1 Å². The number of aryl methyl sites for hydroxylation is 1. The van der Waals surface area contributed by atoms with Crippen LogP contribution < -0.4 is 19.9 Å². The second-order valence-electron chi connectivity index (χ2n) is 10.6. The van der Waals surface area contributed by atoms with Crippen LogP contribution in [0.1, 0.15) is 34.3 Å². The molecule has 3 N–H and O–H groups in total. The maximum absolute atomic E-state index is 15.9. The van der Waals surface area contributed by atoms with Crippen LogP contribution in [0.3, 0.4) is 0 Å². The molecule has 3 aromatic carbocycles. The lowest BCUT2D eigenvalue weighted by molar-refractivity contribution is 0.0694. The molecule has 1 saturated heterocycles. The highest BCUT2D eigenvalue weighted by Gasteiger charge is 2.31. The van der Waals surface area contributed by atoms with Crippen molar-refractivity contribution in [2.45, 2.75) is 32.4 Å². The predicted octanol–water partition coefficient (Wildman–Crippen LogP) is 5.88. The van der Waals surface area contributed by atoms with E-state index in [1.165, 1.54) is 16.4 Å². The van der Waals surface area contributed by atoms with Crippen molar-refractivity contribution in [1.82, 2.24) is 9.29 Å². The Morgan fingerprint density at radius 3 is 2.27 bits per heavy atom. The van der Waals surface area contributed by atoms with Crippen LogP contribution >= 0.6 is 0 Å². The molecule has 236 valence electrons. The molecule has 0 unspecified atom stereocenters. The minimum Gasteiger partial charge on any atom is -0.484 e. The minimum absolute atomic E-state index is 0.105. The highest BCUT2D eigenvalue weighted by molar-refractivity contribution is 7.88. The van der Waals surface area contributed by atoms with Crippen molar-refractivity contribution < 1.29 is 41.3 Å². The number of ether oxygens (including phenoxy) is 3. The molecular weight excluding hydrogens is 608 g/mol. The summed E-state index contributed by atoms with van der Waals surface area (Å²) in [6.07, 6.45) is 0.698. The number of carbonyl (C=O) groups is 1. The van der Waals surface area contributed by atoms with Gasteiger partial charge in [-0.3, -0.25) is 0 Å². The number of nitrogens with zero attached hydrogens (tertiary/aromatic N) is 2. The molecule has 0 atom stereocenters. The van der Waals surface area contributed by atoms with Gasteiger partial charge in [-0.2, -0.15) is 13.8 Å². The lowest BCUT2D eigenvalue weighted by Gasteiger charge is -2.30. The first-order valence-electron chi connectivity index (χ1n) is 14.0. The molecule has 0 spiro atoms. The number of carboxylic acids is 1. The Morgan fingerprint density at radius 2 is 1.62 bits per heavy atom. The third-order valence-corrected chi connectivity index (χ3v) is 8.55. The zero-order chi connectivity index (χ0) is 32.3. The van der Waals surface area contributed by atoms with Crippen LogP contribution in [0.5, 0.6) is 29.0 Å². The lowest BCUT2D eigenvalue weighted by Crippen LogP contribution is -2.41. The standard InChI is InChI=1S/C32H31F2N3O7S/c1-19-9-10-25(32(38)39)26(15-19)44-31-28(34)29(42-23-11-13-37(14-12-23)45(2,40)41)27(33)30(36-31)43-24-8-4-7-22(17-24)21-6-3-5-20(16-21)18-35/h3-10,15-17,23H,11-14,18,35H2,1-2H3,(H,38,39). The molecule has 45 heavy (non-hydrogen) atoms. The van der Waals surface area contributed by atoms with E-state index in [1.54, 1.807) is 31.2 Å². The quantitative estimate of drug-likeness (QED) is 0.218. The third kappa shape index (κ3) is 7.39. The summed E-state index contributed by atoms with van der Waals surface area (Å²) in [7, 11) is -3.44. The number of piperidine rings is 1. The van der Waals surface area contributed by atoms with Crippen molar-refractivity contribution >= 4 is 16.0 Å². The van der Waals surface area contributed by atoms with Crippen molar-refractivity contribution in [2.75, 3.05) is 19.3 Å². The number of halogens is 2. The summed E-state index contributed by atoms with van der Waals surface area (Å²) in [6, 6.07) is 18.5. The SMILES string of the molecule is Cc1ccc(C(=O)O)c(Oc2nc(Oc3cccc(-c4cccc(CN)c4)c3)c(F)c(OC3CCN(S(C)(=O)=O)CC3)c2F)c1. The van der Waals surface area contributed by atoms with Crippen LogP contribution in [-0.2, 0) is 16.6 Å². The van der Waals surface area contributed by atoms with Gasteiger partial charge < -0.3 is 25.1 Å². The summed E-state index contributed by atoms with van der Waals surface area (Å²) >= 11 is 0. The van der Waals surface area contributed by atoms with Gasteiger partial charge in [-0.1, -0.05) is 36.4 Å². The van der Waals surface area contributed by atoms with Gasteiger partial charge in [0.2, 0.25) is 27.4 Å². The molecule has 13 heteroatoms. The predicted molar refractivity (Wildman–Crippen MR) is 162 cm³/mol. The van der Waals surface area contributed by atoms with E-state index in [2.05, 4.69) is 4.98 Å². The third-order valence-electron chi connectivity index (χ3n) is 7.25. The monoisotopic (exact) mass is 639 g/mol. The normalized spacial score (nSPS) is 14.2. The first-order chi connectivity index (χ1) is 21.4. The lowest BCUT2D eigenvalue weighted by atomic mass is 10.0. The number of hydrogen-bond donors (Lipinski definition) is 2. The van der Waals surface area contributed by atoms with Crippen LogP contribution in [0.2, 0.25) is 0 Å². The van der Waals surface area contributed by atoms with E-state index in [9.17, 15) is 18.3 Å². The molecule has 1 aromatic heterocycles. The average Bonchev–Trinajstić information content (AvgIpc) is 3.01. The number of pyridine rings is 1. The van der Waals surface area contributed by atoms with E-state index in [1.807, 2.05) is 30.3 Å². The molecule has 10 nitrogen and oxygen atoms in total. The van der Waals surface area contributed by atoms with Gasteiger partial charge in [-0.15, -0.1) is 0 Å². The van der Waals surface area contributed by atoms with Gasteiger partial charge in [0.15, 0.2) is 0 Å². The van der Waals surface area contributed by atoms with E-state index >= 15 is 8.78 Å². The molecule has 4 aromatic rings. The Hall–Kier alpha value is -4.59. The molecule has 5 rings (SSSR count). The number of rotatable bonds is 10. The van der Waals surface area contributed by atoms with E-state index in [4.69, 9.17) is 19.9 Å². The van der Waals surface area contributed by atoms with Gasteiger partial charge in [0.25, 0.3) is 11.8 Å². The van der Waals surface area contributed by atoms with Crippen molar-refractivity contribution in [3.63, 3.8) is 0 Å². The maximum atomic E-state index is 15.9. The molecule has 1 aliphatic heterocycles. The van der Waals surface area contributed by atoms with Crippen molar-refractivity contribution in [3.8, 4) is 40.1 Å². The Morgan fingerprint density at radius 1 is 0.978 bits per heavy atom. The number of aromatic nitrogens is 1. The van der Waals surface area contributed by atoms with Crippen molar-refractivity contribution in [2.24, 2.45) is 5.73 Å². The fraction of sp³-hybridized carbons (Fsp3) is 0.250. The molecule has 2 heterocycles. The summed E-state index contributed by atoms with van der Waals surface area (Å²) in [5, 5.41) is 9.64. The van der Waals surface area contributed by atoms with Crippen molar-refractivity contribution in [1.29, 1.82) is 0 Å². The van der Waals surface area contributed by atoms with E-state index in [0.29, 0.717) is 12.1 Å². The highest BCUT2D eigenvalue weighted by atomic mass is 32.2. The summed E-state index contributed by atoms with van der Waals surface area (Å²) in [6.45, 7) is 2.25. The van der Waals surface area contributed by atoms with Gasteiger partial charge >= 0.3 is 5.97 Å². The number of carboxylic acid groups (broad SMARTS) is 1. The zero-order valence-corrected chi connectivity index (χ0v) is 25.3. The second-order valence-corrected chi connectivity index (χ2v) is 12.6. The second kappa shape index (κ2) is 13.2. The molecule has 0 bridgehead atoms. The molecule has 1 aliphatic rings. The molecule has 0 aliphatic carbocycles. The summed E-state index contributed by atoms with van der Waals surface area (Å²) < 4.78 is 74.1. The molecule has 0 saturated carbocycles. The zero-order valence-electron chi connectivity index (χ0n) is 24.5. The minimum atomic E-state index is -3.44. The van der Waals surface area contributed by atoms with E-state index in [0.717, 1.165) is 22.9 Å². The number of hydrogen-bond acceptors (Lipinski definition) is 8. The maximum Gasteiger partial charge on any atom is 0.339 e. The number of benzene rings is 3. The average molecular weight is 640 g/mol.